The fourth-order valence-electron chi connectivity index (χ4n) is 3.38. The van der Waals surface area contributed by atoms with Gasteiger partial charge in [0.2, 0.25) is 5.91 Å². The van der Waals surface area contributed by atoms with Gasteiger partial charge in [0.15, 0.2) is 0 Å². The van der Waals surface area contributed by atoms with Crippen LogP contribution in [0.15, 0.2) is 42.7 Å². The highest BCUT2D eigenvalue weighted by atomic mass is 35.5. The topological polar surface area (TPSA) is 67.4 Å². The van der Waals surface area contributed by atoms with Crippen molar-refractivity contribution in [3.05, 3.63) is 54.1 Å². The average molecular weight is 450 g/mol. The Morgan fingerprint density at radius 2 is 1.76 bits per heavy atom. The van der Waals surface area contributed by atoms with E-state index >= 15 is 0 Å². The second-order valence-corrected chi connectivity index (χ2v) is 6.85. The molecule has 6 nitrogen and oxygen atoms in total. The number of halogens is 4. The van der Waals surface area contributed by atoms with Gasteiger partial charge in [0.05, 0.1) is 12.5 Å². The Kier molecular flexibility index (Phi) is 9.98. The number of amides is 1. The van der Waals surface area contributed by atoms with Crippen LogP contribution in [0.4, 0.5) is 8.78 Å². The molecule has 29 heavy (non-hydrogen) atoms. The fraction of sp³-hybridized carbons (Fsp3) is 0.474. The van der Waals surface area contributed by atoms with Gasteiger partial charge in [0.25, 0.3) is 0 Å². The Balaban J connectivity index is 0.00000210. The van der Waals surface area contributed by atoms with Crippen LogP contribution >= 0.6 is 24.8 Å². The number of carbonyl (C=O) groups excluding carboxylic acids is 1. The minimum absolute atomic E-state index is 0. The van der Waals surface area contributed by atoms with Gasteiger partial charge in [0, 0.05) is 44.6 Å². The number of piperazine rings is 1. The summed E-state index contributed by atoms with van der Waals surface area (Å²) in [5.41, 5.74) is 7.21. The van der Waals surface area contributed by atoms with Crippen molar-refractivity contribution >= 4 is 30.7 Å². The van der Waals surface area contributed by atoms with Crippen LogP contribution in [0.5, 0.6) is 0 Å². The Morgan fingerprint density at radius 3 is 2.34 bits per heavy atom. The Bertz CT molecular complexity index is 754. The Hall–Kier alpha value is -1.74. The van der Waals surface area contributed by atoms with Gasteiger partial charge in [0.1, 0.15) is 5.82 Å². The molecule has 10 heteroatoms. The maximum atomic E-state index is 12.9. The molecule has 1 aromatic heterocycles. The van der Waals surface area contributed by atoms with Gasteiger partial charge >= 0.3 is 6.55 Å². The normalized spacial score (nSPS) is 16.7. The number of rotatable bonds is 6. The van der Waals surface area contributed by atoms with Crippen LogP contribution in [0.2, 0.25) is 0 Å². The second kappa shape index (κ2) is 11.4. The van der Waals surface area contributed by atoms with Crippen LogP contribution in [0.1, 0.15) is 30.9 Å². The van der Waals surface area contributed by atoms with Crippen LogP contribution in [-0.4, -0.2) is 51.4 Å². The van der Waals surface area contributed by atoms with E-state index in [4.69, 9.17) is 5.73 Å². The van der Waals surface area contributed by atoms with E-state index in [-0.39, 0.29) is 42.7 Å². The van der Waals surface area contributed by atoms with Crippen LogP contribution in [-0.2, 0) is 11.3 Å². The van der Waals surface area contributed by atoms with Crippen molar-refractivity contribution in [3.8, 4) is 0 Å². The first-order valence-corrected chi connectivity index (χ1v) is 9.09. The third kappa shape index (κ3) is 6.12. The number of hydrogen-bond acceptors (Lipinski definition) is 4. The van der Waals surface area contributed by atoms with E-state index in [1.165, 1.54) is 12.4 Å². The van der Waals surface area contributed by atoms with Gasteiger partial charge in [-0.25, -0.2) is 4.98 Å². The summed E-state index contributed by atoms with van der Waals surface area (Å²) in [5.74, 6) is 0.0426. The molecule has 162 valence electrons. The number of aromatic nitrogens is 2. The molecular formula is C19H27Cl2F2N5O. The number of hydrogen-bond donors (Lipinski definition) is 1. The summed E-state index contributed by atoms with van der Waals surface area (Å²) in [6.45, 7) is 1.96. The van der Waals surface area contributed by atoms with Crippen molar-refractivity contribution in [2.45, 2.75) is 26.1 Å². The third-order valence-corrected chi connectivity index (χ3v) is 5.12. The third-order valence-electron chi connectivity index (χ3n) is 5.12. The molecule has 1 aliphatic heterocycles. The molecule has 0 radical (unpaired) electrons. The molecule has 2 unspecified atom stereocenters. The number of carbonyl (C=O) groups is 1. The van der Waals surface area contributed by atoms with Gasteiger partial charge in [-0.2, -0.15) is 8.78 Å². The van der Waals surface area contributed by atoms with Crippen molar-refractivity contribution in [1.82, 2.24) is 19.4 Å². The van der Waals surface area contributed by atoms with Crippen LogP contribution in [0, 0.1) is 5.92 Å². The maximum absolute atomic E-state index is 12.9. The molecule has 1 aliphatic rings. The summed E-state index contributed by atoms with van der Waals surface area (Å²) in [6.07, 6.45) is 2.67. The van der Waals surface area contributed by atoms with Crippen molar-refractivity contribution < 1.29 is 13.6 Å². The van der Waals surface area contributed by atoms with Gasteiger partial charge < -0.3 is 10.6 Å². The zero-order valence-electron chi connectivity index (χ0n) is 16.2. The molecule has 3 rings (SSSR count). The lowest BCUT2D eigenvalue weighted by molar-refractivity contribution is -0.137. The van der Waals surface area contributed by atoms with E-state index < -0.39 is 6.55 Å². The van der Waals surface area contributed by atoms with E-state index in [0.29, 0.717) is 38.5 Å². The van der Waals surface area contributed by atoms with E-state index in [2.05, 4.69) is 4.98 Å². The summed E-state index contributed by atoms with van der Waals surface area (Å²) < 4.78 is 26.7. The molecule has 1 saturated heterocycles. The molecule has 0 saturated carbocycles. The summed E-state index contributed by atoms with van der Waals surface area (Å²) >= 11 is 0. The average Bonchev–Trinajstić information content (AvgIpc) is 3.16. The second-order valence-electron chi connectivity index (χ2n) is 6.85. The monoisotopic (exact) mass is 449 g/mol. The Labute approximate surface area is 181 Å². The zero-order chi connectivity index (χ0) is 19.4. The van der Waals surface area contributed by atoms with Gasteiger partial charge in [-0.05, 0) is 5.56 Å². The standard InChI is InChI=1S/C19H25F2N5O.2ClH/c1-14(17(22)15-5-3-2-4-6-15)18(27)25-11-9-24(10-12-25)13-16-23-7-8-26(16)19(20)21;;/h2-8,14,17,19H,9-13,22H2,1H3;2*1H. The Morgan fingerprint density at radius 1 is 1.14 bits per heavy atom. The van der Waals surface area contributed by atoms with Crippen molar-refractivity contribution in [2.75, 3.05) is 26.2 Å². The first-order chi connectivity index (χ1) is 13.0. The van der Waals surface area contributed by atoms with Crippen LogP contribution in [0.25, 0.3) is 0 Å². The lowest BCUT2D eigenvalue weighted by Crippen LogP contribution is -2.51. The zero-order valence-corrected chi connectivity index (χ0v) is 17.8. The molecule has 2 heterocycles. The first-order valence-electron chi connectivity index (χ1n) is 9.09. The fourth-order valence-corrected chi connectivity index (χ4v) is 3.38. The highest BCUT2D eigenvalue weighted by Crippen LogP contribution is 2.22. The molecule has 2 aromatic rings. The molecule has 2 atom stereocenters. The van der Waals surface area contributed by atoms with Crippen molar-refractivity contribution in [1.29, 1.82) is 0 Å². The molecule has 1 fully saturated rings. The van der Waals surface area contributed by atoms with Crippen molar-refractivity contribution in [2.24, 2.45) is 11.7 Å². The minimum Gasteiger partial charge on any atom is -0.340 e. The van der Waals surface area contributed by atoms with E-state index in [9.17, 15) is 13.6 Å². The van der Waals surface area contributed by atoms with E-state index in [1.54, 1.807) is 0 Å². The predicted octanol–water partition coefficient (Wildman–Crippen LogP) is 3.10. The number of imidazole rings is 1. The predicted molar refractivity (Wildman–Crippen MR) is 112 cm³/mol. The number of alkyl halides is 2. The summed E-state index contributed by atoms with van der Waals surface area (Å²) in [4.78, 5) is 20.7. The summed E-state index contributed by atoms with van der Waals surface area (Å²) in [7, 11) is 0. The highest BCUT2D eigenvalue weighted by Gasteiger charge is 2.29. The highest BCUT2D eigenvalue weighted by molar-refractivity contribution is 5.85. The van der Waals surface area contributed by atoms with Crippen molar-refractivity contribution in [3.63, 3.8) is 0 Å². The number of nitrogens with zero attached hydrogens (tertiary/aromatic N) is 4. The molecular weight excluding hydrogens is 423 g/mol. The lowest BCUT2D eigenvalue weighted by atomic mass is 9.94. The number of benzene rings is 1. The molecule has 1 aromatic carbocycles. The van der Waals surface area contributed by atoms with E-state index in [1.807, 2.05) is 47.1 Å². The SMILES string of the molecule is CC(C(=O)N1CCN(Cc2nccn2C(F)F)CC1)C(N)c1ccccc1.Cl.Cl. The van der Waals surface area contributed by atoms with Gasteiger partial charge in [-0.1, -0.05) is 37.3 Å². The van der Waals surface area contributed by atoms with Gasteiger partial charge in [-0.15, -0.1) is 24.8 Å². The van der Waals surface area contributed by atoms with Gasteiger partial charge in [-0.3, -0.25) is 14.3 Å². The lowest BCUT2D eigenvalue weighted by Gasteiger charge is -2.36. The maximum Gasteiger partial charge on any atom is 0.319 e. The minimum atomic E-state index is -2.59. The molecule has 0 aliphatic carbocycles. The first kappa shape index (κ1) is 25.3. The smallest absolute Gasteiger partial charge is 0.319 e. The molecule has 0 spiro atoms. The van der Waals surface area contributed by atoms with E-state index in [0.717, 1.165) is 10.1 Å². The largest absolute Gasteiger partial charge is 0.340 e. The van der Waals surface area contributed by atoms with Crippen LogP contribution < -0.4 is 5.73 Å². The summed E-state index contributed by atoms with van der Waals surface area (Å²) in [6, 6.07) is 9.24. The molecule has 0 bridgehead atoms. The van der Waals surface area contributed by atoms with Crippen LogP contribution in [0.3, 0.4) is 0 Å². The molecule has 1 amide bonds. The molecule has 2 N–H and O–H groups in total. The number of nitrogens with two attached hydrogens (primary N) is 1. The quantitative estimate of drug-likeness (QED) is 0.735. The summed E-state index contributed by atoms with van der Waals surface area (Å²) in [5, 5.41) is 0.